The zero-order valence-electron chi connectivity index (χ0n) is 20.9. The molecule has 4 rings (SSSR count). The highest BCUT2D eigenvalue weighted by atomic mass is 35.5. The molecule has 0 spiro atoms. The third-order valence-corrected chi connectivity index (χ3v) is 7.50. The average molecular weight is 485 g/mol. The van der Waals surface area contributed by atoms with Gasteiger partial charge in [-0.1, -0.05) is 76.6 Å². The number of nitrogens with one attached hydrogen (secondary N) is 1. The van der Waals surface area contributed by atoms with Crippen LogP contribution in [0, 0.1) is 0 Å². The summed E-state index contributed by atoms with van der Waals surface area (Å²) in [7, 11) is 0. The predicted molar refractivity (Wildman–Crippen MR) is 135 cm³/mol. The number of benzene rings is 1. The molecule has 2 heterocycles. The number of carbonyl (C=O) groups is 2. The Morgan fingerprint density at radius 3 is 2.35 bits per heavy atom. The van der Waals surface area contributed by atoms with Gasteiger partial charge in [-0.25, -0.2) is 0 Å². The molecule has 1 aromatic heterocycles. The minimum atomic E-state index is -1.05. The van der Waals surface area contributed by atoms with Crippen molar-refractivity contribution in [2.75, 3.05) is 0 Å². The zero-order valence-corrected chi connectivity index (χ0v) is 21.6. The largest absolute Gasteiger partial charge is 0.351 e. The number of fused-ring (bicyclic) bond motifs is 1. The maximum Gasteiger partial charge on any atom is 0.273 e. The summed E-state index contributed by atoms with van der Waals surface area (Å²) in [6.45, 7) is 8.78. The van der Waals surface area contributed by atoms with Gasteiger partial charge in [-0.2, -0.15) is 5.10 Å². The third-order valence-electron chi connectivity index (χ3n) is 7.25. The van der Waals surface area contributed by atoms with Gasteiger partial charge in [0.1, 0.15) is 11.2 Å². The van der Waals surface area contributed by atoms with E-state index < -0.39 is 5.54 Å². The van der Waals surface area contributed by atoms with Crippen LogP contribution in [0.4, 0.5) is 0 Å². The number of carbonyl (C=O) groups excluding carboxylic acids is 2. The van der Waals surface area contributed by atoms with E-state index in [1.807, 2.05) is 37.3 Å². The summed E-state index contributed by atoms with van der Waals surface area (Å²) in [5, 5.41) is 8.71. The molecule has 1 N–H and O–H groups in total. The van der Waals surface area contributed by atoms with E-state index in [4.69, 9.17) is 16.7 Å². The molecular formula is C27H37ClN4O2. The summed E-state index contributed by atoms with van der Waals surface area (Å²) < 4.78 is 1.74. The monoisotopic (exact) mass is 484 g/mol. The molecule has 0 saturated heterocycles. The SMILES string of the molecule is CC(C)(C)c1cc2n(n1)CC(C)(C(=O)NC1CCCCCCC1)N(Cc1ccc(Cl)cc1)C2=O. The first-order chi connectivity index (χ1) is 16.1. The second-order valence-corrected chi connectivity index (χ2v) is 11.6. The lowest BCUT2D eigenvalue weighted by Crippen LogP contribution is -2.64. The molecule has 1 atom stereocenters. The van der Waals surface area contributed by atoms with Crippen LogP contribution >= 0.6 is 11.6 Å². The fourth-order valence-corrected chi connectivity index (χ4v) is 5.10. The van der Waals surface area contributed by atoms with Gasteiger partial charge < -0.3 is 10.2 Å². The first-order valence-corrected chi connectivity index (χ1v) is 12.9. The van der Waals surface area contributed by atoms with E-state index in [-0.39, 0.29) is 23.3 Å². The number of hydrogen-bond acceptors (Lipinski definition) is 3. The Labute approximate surface area is 208 Å². The number of rotatable bonds is 4. The minimum Gasteiger partial charge on any atom is -0.351 e. The van der Waals surface area contributed by atoms with Crippen molar-refractivity contribution in [1.29, 1.82) is 0 Å². The zero-order chi connectivity index (χ0) is 24.5. The molecule has 1 aliphatic heterocycles. The topological polar surface area (TPSA) is 67.2 Å². The van der Waals surface area contributed by atoms with Crippen molar-refractivity contribution in [3.63, 3.8) is 0 Å². The van der Waals surface area contributed by atoms with Crippen molar-refractivity contribution in [1.82, 2.24) is 20.0 Å². The first kappa shape index (κ1) is 24.8. The highest BCUT2D eigenvalue weighted by Crippen LogP contribution is 2.32. The maximum atomic E-state index is 13.8. The maximum absolute atomic E-state index is 13.8. The summed E-state index contributed by atoms with van der Waals surface area (Å²) in [6, 6.07) is 9.49. The van der Waals surface area contributed by atoms with Crippen molar-refractivity contribution in [2.45, 2.75) is 103 Å². The van der Waals surface area contributed by atoms with E-state index in [1.165, 1.54) is 19.3 Å². The second-order valence-electron chi connectivity index (χ2n) is 11.1. The van der Waals surface area contributed by atoms with Crippen LogP contribution < -0.4 is 5.32 Å². The van der Waals surface area contributed by atoms with Crippen LogP contribution in [0.3, 0.4) is 0 Å². The number of halogens is 1. The first-order valence-electron chi connectivity index (χ1n) is 12.5. The Hall–Kier alpha value is -2.34. The average Bonchev–Trinajstić information content (AvgIpc) is 3.18. The van der Waals surface area contributed by atoms with Crippen molar-refractivity contribution in [3.8, 4) is 0 Å². The molecule has 6 nitrogen and oxygen atoms in total. The summed E-state index contributed by atoms with van der Waals surface area (Å²) in [5.74, 6) is -0.265. The van der Waals surface area contributed by atoms with E-state index in [2.05, 4.69) is 26.1 Å². The fraction of sp³-hybridized carbons (Fsp3) is 0.593. The van der Waals surface area contributed by atoms with Crippen molar-refractivity contribution in [3.05, 3.63) is 52.3 Å². The molecule has 2 aliphatic rings. The Bertz CT molecular complexity index is 1030. The summed E-state index contributed by atoms with van der Waals surface area (Å²) in [6.07, 6.45) is 7.97. The highest BCUT2D eigenvalue weighted by molar-refractivity contribution is 6.30. The van der Waals surface area contributed by atoms with Gasteiger partial charge in [-0.3, -0.25) is 14.3 Å². The molecule has 1 unspecified atom stereocenters. The van der Waals surface area contributed by atoms with E-state index in [1.54, 1.807) is 9.58 Å². The molecule has 1 saturated carbocycles. The van der Waals surface area contributed by atoms with Crippen molar-refractivity contribution < 1.29 is 9.59 Å². The van der Waals surface area contributed by atoms with E-state index in [0.29, 0.717) is 23.8 Å². The second kappa shape index (κ2) is 9.73. The standard InChI is InChI=1S/C27H37ClN4O2/c1-26(2,3)23-16-22-24(33)31(17-19-12-14-20(28)15-13-19)27(4,18-32(22)30-23)25(34)29-21-10-8-6-5-7-9-11-21/h12-16,21H,5-11,17-18H2,1-4H3,(H,29,34). The van der Waals surface area contributed by atoms with Gasteiger partial charge in [0.05, 0.1) is 12.2 Å². The number of amides is 2. The molecule has 1 aliphatic carbocycles. The highest BCUT2D eigenvalue weighted by Gasteiger charge is 2.48. The lowest BCUT2D eigenvalue weighted by Gasteiger charge is -2.44. The van der Waals surface area contributed by atoms with Crippen LogP contribution in [-0.4, -0.2) is 38.1 Å². The van der Waals surface area contributed by atoms with Crippen LogP contribution in [0.15, 0.2) is 30.3 Å². The normalized spacial score (nSPS) is 22.1. The number of hydrogen-bond donors (Lipinski definition) is 1. The molecule has 184 valence electrons. The molecule has 7 heteroatoms. The van der Waals surface area contributed by atoms with Crippen molar-refractivity contribution in [2.24, 2.45) is 0 Å². The van der Waals surface area contributed by atoms with Crippen molar-refractivity contribution >= 4 is 23.4 Å². The Kier molecular flexibility index (Phi) is 7.09. The van der Waals surface area contributed by atoms with Crippen LogP contribution in [0.2, 0.25) is 5.02 Å². The van der Waals surface area contributed by atoms with E-state index in [9.17, 15) is 9.59 Å². The van der Waals surface area contributed by atoms with Gasteiger partial charge in [0, 0.05) is 23.0 Å². The summed E-state index contributed by atoms with van der Waals surface area (Å²) in [4.78, 5) is 29.4. The molecule has 2 amide bonds. The Morgan fingerprint density at radius 1 is 1.12 bits per heavy atom. The molecule has 0 bridgehead atoms. The van der Waals surface area contributed by atoms with Gasteiger partial charge in [0.25, 0.3) is 5.91 Å². The molecule has 1 aromatic carbocycles. The fourth-order valence-electron chi connectivity index (χ4n) is 4.97. The molecule has 34 heavy (non-hydrogen) atoms. The minimum absolute atomic E-state index is 0.0983. The molecule has 0 radical (unpaired) electrons. The Balaban J connectivity index is 1.67. The van der Waals surface area contributed by atoms with Crippen LogP contribution in [-0.2, 0) is 23.3 Å². The van der Waals surface area contributed by atoms with Crippen LogP contribution in [0.1, 0.15) is 94.4 Å². The molecule has 2 aromatic rings. The molecular weight excluding hydrogens is 448 g/mol. The lowest BCUT2D eigenvalue weighted by atomic mass is 9.91. The Morgan fingerprint density at radius 2 is 1.74 bits per heavy atom. The summed E-state index contributed by atoms with van der Waals surface area (Å²) >= 11 is 6.08. The lowest BCUT2D eigenvalue weighted by molar-refractivity contribution is -0.134. The smallest absolute Gasteiger partial charge is 0.273 e. The van der Waals surface area contributed by atoms with Gasteiger partial charge >= 0.3 is 0 Å². The number of aromatic nitrogens is 2. The van der Waals surface area contributed by atoms with E-state index in [0.717, 1.165) is 36.9 Å². The predicted octanol–water partition coefficient (Wildman–Crippen LogP) is 5.48. The van der Waals surface area contributed by atoms with E-state index >= 15 is 0 Å². The van der Waals surface area contributed by atoms with Gasteiger partial charge in [-0.05, 0) is 43.5 Å². The third kappa shape index (κ3) is 5.17. The number of nitrogens with zero attached hydrogens (tertiary/aromatic N) is 3. The van der Waals surface area contributed by atoms with Gasteiger partial charge in [0.15, 0.2) is 0 Å². The molecule has 1 fully saturated rings. The quantitative estimate of drug-likeness (QED) is 0.625. The summed E-state index contributed by atoms with van der Waals surface area (Å²) in [5.41, 5.74) is 1.09. The van der Waals surface area contributed by atoms with Crippen LogP contribution in [0.5, 0.6) is 0 Å². The van der Waals surface area contributed by atoms with Gasteiger partial charge in [0.2, 0.25) is 5.91 Å². The van der Waals surface area contributed by atoms with Crippen LogP contribution in [0.25, 0.3) is 0 Å². The van der Waals surface area contributed by atoms with Gasteiger partial charge in [-0.15, -0.1) is 0 Å².